The zero-order valence-corrected chi connectivity index (χ0v) is 30.3. The van der Waals surface area contributed by atoms with Gasteiger partial charge in [-0.1, -0.05) is 0 Å². The largest absolute Gasteiger partial charge is 0.497 e. The summed E-state index contributed by atoms with van der Waals surface area (Å²) in [6.45, 7) is 8.23. The van der Waals surface area contributed by atoms with Gasteiger partial charge in [0.15, 0.2) is 0 Å². The number of fused-ring (bicyclic) bond motifs is 2. The number of anilines is 2. The number of hydrogen-bond acceptors (Lipinski definition) is 8. The standard InChI is InChI=1S/C35H41N5O5.3ClH/c1-6-40-30-12-10-28(22-31(30)39(4)33(41)35(2,3)34(40)42)44-18-7-16-36-23-24-14-17-37-26(20-24)15-19-45-32-13-8-25-21-27(43-5)9-11-29(25)38-32;;;/h8-14,17,20-22,36H,6-7,15-16,18-19,23H2,1-5H3;3*1H. The lowest BCUT2D eigenvalue weighted by Crippen LogP contribution is -2.47. The molecule has 0 atom stereocenters. The van der Waals surface area contributed by atoms with Gasteiger partial charge >= 0.3 is 0 Å². The molecule has 0 radical (unpaired) electrons. The Balaban J connectivity index is 0.00000267. The van der Waals surface area contributed by atoms with E-state index in [1.54, 1.807) is 37.8 Å². The van der Waals surface area contributed by atoms with Gasteiger partial charge in [0.1, 0.15) is 16.9 Å². The number of benzene rings is 2. The SMILES string of the molecule is CCN1C(=O)C(C)(C)C(=O)N(C)c2cc(OCCCNCc3ccnc(CCOc4ccc5cc(OC)ccc5n4)c3)ccc21.Cl.Cl.Cl. The average molecular weight is 721 g/mol. The van der Waals surface area contributed by atoms with Gasteiger partial charge in [0, 0.05) is 56.0 Å². The molecule has 260 valence electrons. The van der Waals surface area contributed by atoms with Crippen molar-refractivity contribution in [1.82, 2.24) is 15.3 Å². The van der Waals surface area contributed by atoms with Gasteiger partial charge in [-0.25, -0.2) is 4.98 Å². The smallest absolute Gasteiger partial charge is 0.242 e. The Morgan fingerprint density at radius 2 is 1.62 bits per heavy atom. The van der Waals surface area contributed by atoms with Crippen molar-refractivity contribution in [1.29, 1.82) is 0 Å². The lowest BCUT2D eigenvalue weighted by Gasteiger charge is -2.27. The number of ether oxygens (including phenoxy) is 3. The molecule has 1 aliphatic heterocycles. The first-order valence-corrected chi connectivity index (χ1v) is 15.3. The third kappa shape index (κ3) is 9.19. The Labute approximate surface area is 300 Å². The Bertz CT molecular complexity index is 1690. The van der Waals surface area contributed by atoms with E-state index in [4.69, 9.17) is 14.2 Å². The molecule has 0 saturated carbocycles. The molecule has 2 aromatic heterocycles. The van der Waals surface area contributed by atoms with E-state index in [1.807, 2.05) is 67.7 Å². The lowest BCUT2D eigenvalue weighted by molar-refractivity contribution is -0.137. The van der Waals surface area contributed by atoms with Crippen molar-refractivity contribution in [3.63, 3.8) is 0 Å². The average Bonchev–Trinajstić information content (AvgIpc) is 3.10. The van der Waals surface area contributed by atoms with Crippen molar-refractivity contribution >= 4 is 71.3 Å². The predicted molar refractivity (Wildman–Crippen MR) is 197 cm³/mol. The highest BCUT2D eigenvalue weighted by atomic mass is 35.5. The maximum Gasteiger partial charge on any atom is 0.242 e. The zero-order valence-electron chi connectivity index (χ0n) is 27.9. The van der Waals surface area contributed by atoms with E-state index in [0.717, 1.165) is 40.9 Å². The number of aromatic nitrogens is 2. The van der Waals surface area contributed by atoms with Crippen LogP contribution < -0.4 is 29.3 Å². The summed E-state index contributed by atoms with van der Waals surface area (Å²) in [5.74, 6) is 1.61. The minimum Gasteiger partial charge on any atom is -0.497 e. The van der Waals surface area contributed by atoms with Crippen molar-refractivity contribution in [2.45, 2.75) is 40.2 Å². The van der Waals surface area contributed by atoms with Crippen molar-refractivity contribution < 1.29 is 23.8 Å². The van der Waals surface area contributed by atoms with Crippen LogP contribution in [-0.4, -0.2) is 62.2 Å². The van der Waals surface area contributed by atoms with Gasteiger partial charge in [0.25, 0.3) is 0 Å². The molecule has 3 heterocycles. The molecule has 0 fully saturated rings. The summed E-state index contributed by atoms with van der Waals surface area (Å²) in [5, 5.41) is 4.47. The first-order valence-electron chi connectivity index (χ1n) is 15.3. The van der Waals surface area contributed by atoms with E-state index in [1.165, 1.54) is 0 Å². The first-order chi connectivity index (χ1) is 21.7. The van der Waals surface area contributed by atoms with Gasteiger partial charge in [-0.3, -0.25) is 14.6 Å². The Hall–Kier alpha value is -3.83. The Morgan fingerprint density at radius 3 is 2.38 bits per heavy atom. The van der Waals surface area contributed by atoms with Crippen molar-refractivity contribution in [3.8, 4) is 17.4 Å². The molecule has 5 rings (SSSR count). The van der Waals surface area contributed by atoms with E-state index in [0.29, 0.717) is 55.7 Å². The van der Waals surface area contributed by atoms with Gasteiger partial charge in [0.2, 0.25) is 17.7 Å². The number of halogens is 3. The molecule has 1 N–H and O–H groups in total. The molecule has 0 spiro atoms. The van der Waals surface area contributed by atoms with Gasteiger partial charge in [-0.05, 0) is 87.8 Å². The summed E-state index contributed by atoms with van der Waals surface area (Å²) in [5.41, 5.74) is 3.22. The van der Waals surface area contributed by atoms with Crippen LogP contribution in [-0.2, 0) is 22.6 Å². The number of rotatable bonds is 13. The Kier molecular flexibility index (Phi) is 15.2. The minimum atomic E-state index is -1.13. The number of nitrogens with zero attached hydrogens (tertiary/aromatic N) is 4. The van der Waals surface area contributed by atoms with Crippen LogP contribution in [0.3, 0.4) is 0 Å². The van der Waals surface area contributed by atoms with Gasteiger partial charge in [-0.15, -0.1) is 37.2 Å². The monoisotopic (exact) mass is 719 g/mol. The van der Waals surface area contributed by atoms with Gasteiger partial charge in [-0.2, -0.15) is 0 Å². The number of nitrogens with one attached hydrogen (secondary N) is 1. The van der Waals surface area contributed by atoms with Crippen molar-refractivity contribution in [2.75, 3.05) is 50.3 Å². The molecule has 10 nitrogen and oxygen atoms in total. The molecule has 0 unspecified atom stereocenters. The number of carbonyl (C=O) groups excluding carboxylic acids is 2. The van der Waals surface area contributed by atoms with Crippen LogP contribution in [0.5, 0.6) is 17.4 Å². The van der Waals surface area contributed by atoms with Crippen LogP contribution in [0.2, 0.25) is 0 Å². The minimum absolute atomic E-state index is 0. The molecular weight excluding hydrogens is 677 g/mol. The highest BCUT2D eigenvalue weighted by Gasteiger charge is 2.45. The number of hydrogen-bond donors (Lipinski definition) is 1. The number of amides is 2. The summed E-state index contributed by atoms with van der Waals surface area (Å²) in [6.07, 6.45) is 3.30. The van der Waals surface area contributed by atoms with Crippen molar-refractivity contribution in [3.05, 3.63) is 78.1 Å². The Morgan fingerprint density at radius 1 is 0.854 bits per heavy atom. The molecule has 48 heavy (non-hydrogen) atoms. The number of pyridine rings is 2. The van der Waals surface area contributed by atoms with E-state index in [9.17, 15) is 9.59 Å². The maximum atomic E-state index is 13.1. The van der Waals surface area contributed by atoms with Crippen molar-refractivity contribution in [2.24, 2.45) is 5.41 Å². The molecular formula is C35H44Cl3N5O5. The number of carbonyl (C=O) groups is 2. The maximum absolute atomic E-state index is 13.1. The second-order valence-corrected chi connectivity index (χ2v) is 11.5. The fourth-order valence-corrected chi connectivity index (χ4v) is 5.42. The quantitative estimate of drug-likeness (QED) is 0.124. The molecule has 2 aromatic carbocycles. The summed E-state index contributed by atoms with van der Waals surface area (Å²) in [6, 6.07) is 19.3. The fraction of sp³-hybridized carbons (Fsp3) is 0.371. The summed E-state index contributed by atoms with van der Waals surface area (Å²) in [7, 11) is 3.36. The van der Waals surface area contributed by atoms with E-state index < -0.39 is 5.41 Å². The van der Waals surface area contributed by atoms with Crippen LogP contribution in [0.1, 0.15) is 38.4 Å². The predicted octanol–water partition coefficient (Wildman–Crippen LogP) is 6.44. The van der Waals surface area contributed by atoms with Crippen LogP contribution in [0, 0.1) is 5.41 Å². The molecule has 4 aromatic rings. The highest BCUT2D eigenvalue weighted by Crippen LogP contribution is 2.40. The van der Waals surface area contributed by atoms with E-state index >= 15 is 0 Å². The molecule has 0 bridgehead atoms. The topological polar surface area (TPSA) is 106 Å². The lowest BCUT2D eigenvalue weighted by atomic mass is 9.90. The number of methoxy groups -OCH3 is 1. The first kappa shape index (κ1) is 40.3. The second kappa shape index (κ2) is 18.1. The van der Waals surface area contributed by atoms with Gasteiger partial charge in [0.05, 0.1) is 37.2 Å². The van der Waals surface area contributed by atoms with Crippen LogP contribution in [0.15, 0.2) is 66.9 Å². The van der Waals surface area contributed by atoms with Gasteiger partial charge < -0.3 is 29.3 Å². The summed E-state index contributed by atoms with van der Waals surface area (Å²) in [4.78, 5) is 38.4. The fourth-order valence-electron chi connectivity index (χ4n) is 5.42. The molecule has 0 saturated heterocycles. The van der Waals surface area contributed by atoms with E-state index in [2.05, 4.69) is 21.4 Å². The molecule has 2 amide bonds. The van der Waals surface area contributed by atoms with Crippen LogP contribution >= 0.6 is 37.2 Å². The third-order valence-corrected chi connectivity index (χ3v) is 7.99. The van der Waals surface area contributed by atoms with Crippen LogP contribution in [0.25, 0.3) is 10.9 Å². The molecule has 0 aliphatic carbocycles. The van der Waals surface area contributed by atoms with Crippen LogP contribution in [0.4, 0.5) is 11.4 Å². The summed E-state index contributed by atoms with van der Waals surface area (Å²) >= 11 is 0. The molecule has 1 aliphatic rings. The second-order valence-electron chi connectivity index (χ2n) is 11.5. The zero-order chi connectivity index (χ0) is 32.0. The molecule has 13 heteroatoms. The summed E-state index contributed by atoms with van der Waals surface area (Å²) < 4.78 is 17.2. The van der Waals surface area contributed by atoms with E-state index in [-0.39, 0.29) is 49.0 Å². The third-order valence-electron chi connectivity index (χ3n) is 7.99. The highest BCUT2D eigenvalue weighted by molar-refractivity contribution is 6.20. The normalized spacial score (nSPS) is 13.4.